The van der Waals surface area contributed by atoms with Crippen molar-refractivity contribution in [2.75, 3.05) is 12.8 Å². The molecule has 0 N–H and O–H groups in total. The molecule has 0 saturated carbocycles. The molecule has 0 aromatic carbocycles. The van der Waals surface area contributed by atoms with Gasteiger partial charge in [-0.05, 0) is 18.8 Å². The van der Waals surface area contributed by atoms with E-state index >= 15 is 0 Å². The molecule has 0 aliphatic carbocycles. The van der Waals surface area contributed by atoms with E-state index in [1.54, 1.807) is 0 Å². The van der Waals surface area contributed by atoms with Crippen molar-refractivity contribution >= 4 is 8.03 Å². The maximum Gasteiger partial charge on any atom is 0.191 e. The van der Waals surface area contributed by atoms with Gasteiger partial charge in [0.25, 0.3) is 0 Å². The highest BCUT2D eigenvalue weighted by atomic mass is 31.1. The van der Waals surface area contributed by atoms with Crippen molar-refractivity contribution in [1.29, 1.82) is 0 Å². The highest BCUT2D eigenvalue weighted by molar-refractivity contribution is 7.39. The topological polar surface area (TPSA) is 26.3 Å². The highest BCUT2D eigenvalue weighted by Crippen LogP contribution is 2.29. The first-order chi connectivity index (χ1) is 7.24. The smallest absolute Gasteiger partial charge is 0.191 e. The Labute approximate surface area is 95.7 Å². The van der Waals surface area contributed by atoms with Gasteiger partial charge in [0.2, 0.25) is 0 Å². The first-order valence-corrected chi connectivity index (χ1v) is 7.92. The maximum absolute atomic E-state index is 11.6. The van der Waals surface area contributed by atoms with Crippen LogP contribution in [0.25, 0.3) is 0 Å². The van der Waals surface area contributed by atoms with Crippen LogP contribution in [0.5, 0.6) is 0 Å². The van der Waals surface area contributed by atoms with Gasteiger partial charge in [-0.3, -0.25) is 4.57 Å². The molecule has 0 radical (unpaired) electrons. The molecule has 0 amide bonds. The predicted molar refractivity (Wildman–Crippen MR) is 68.0 cm³/mol. The van der Waals surface area contributed by atoms with Gasteiger partial charge in [-0.25, -0.2) is 0 Å². The van der Waals surface area contributed by atoms with Crippen LogP contribution in [0.2, 0.25) is 0 Å². The Morgan fingerprint density at radius 2 is 1.80 bits per heavy atom. The largest absolute Gasteiger partial charge is 0.330 e. The molecule has 0 aromatic rings. The standard InChI is InChI=1S/C12H27O2P/c1-4-7-9-12(6-3)11-15(13)14-10-8-5-2/h12,15H,4-11H2,1-3H3. The third kappa shape index (κ3) is 9.14. The second-order valence-corrected chi connectivity index (χ2v) is 5.64. The SMILES string of the molecule is CCCCO[PH](=O)CC(CC)CCCC. The van der Waals surface area contributed by atoms with Gasteiger partial charge >= 0.3 is 0 Å². The Balaban J connectivity index is 3.60. The molecule has 0 rings (SSSR count). The van der Waals surface area contributed by atoms with Gasteiger partial charge in [0, 0.05) is 6.16 Å². The van der Waals surface area contributed by atoms with E-state index in [0.29, 0.717) is 12.5 Å². The lowest BCUT2D eigenvalue weighted by atomic mass is 10.0. The fourth-order valence-electron chi connectivity index (χ4n) is 1.57. The summed E-state index contributed by atoms with van der Waals surface area (Å²) in [6.45, 7) is 7.18. The molecule has 0 saturated heterocycles. The van der Waals surface area contributed by atoms with E-state index < -0.39 is 8.03 Å². The second kappa shape index (κ2) is 10.7. The van der Waals surface area contributed by atoms with Crippen molar-refractivity contribution in [2.45, 2.75) is 59.3 Å². The molecule has 0 bridgehead atoms. The molecule has 15 heavy (non-hydrogen) atoms. The van der Waals surface area contributed by atoms with Crippen molar-refractivity contribution < 1.29 is 9.09 Å². The van der Waals surface area contributed by atoms with Crippen molar-refractivity contribution in [1.82, 2.24) is 0 Å². The summed E-state index contributed by atoms with van der Waals surface area (Å²) in [5, 5.41) is 0. The molecule has 0 spiro atoms. The van der Waals surface area contributed by atoms with Crippen LogP contribution in [0.1, 0.15) is 59.3 Å². The van der Waals surface area contributed by atoms with E-state index in [4.69, 9.17) is 4.52 Å². The van der Waals surface area contributed by atoms with Crippen molar-refractivity contribution in [3.63, 3.8) is 0 Å². The molecule has 3 heteroatoms. The Kier molecular flexibility index (Phi) is 10.8. The van der Waals surface area contributed by atoms with Crippen LogP contribution >= 0.6 is 8.03 Å². The van der Waals surface area contributed by atoms with Crippen LogP contribution in [0.4, 0.5) is 0 Å². The molecule has 2 unspecified atom stereocenters. The minimum absolute atomic E-state index is 0.609. The van der Waals surface area contributed by atoms with Gasteiger partial charge in [0.1, 0.15) is 0 Å². The molecule has 0 aromatic heterocycles. The van der Waals surface area contributed by atoms with Gasteiger partial charge in [-0.2, -0.15) is 0 Å². The van der Waals surface area contributed by atoms with E-state index in [9.17, 15) is 4.57 Å². The summed E-state index contributed by atoms with van der Waals surface area (Å²) in [4.78, 5) is 0. The van der Waals surface area contributed by atoms with Crippen LogP contribution in [-0.2, 0) is 9.09 Å². The minimum Gasteiger partial charge on any atom is -0.330 e. The Morgan fingerprint density at radius 1 is 1.13 bits per heavy atom. The van der Waals surface area contributed by atoms with Gasteiger partial charge in [0.05, 0.1) is 6.61 Å². The lowest BCUT2D eigenvalue weighted by molar-refractivity contribution is 0.315. The average molecular weight is 234 g/mol. The predicted octanol–water partition coefficient (Wildman–Crippen LogP) is 4.49. The Bertz CT molecular complexity index is 160. The fraction of sp³-hybridized carbons (Fsp3) is 1.00. The van der Waals surface area contributed by atoms with Crippen LogP contribution in [0.3, 0.4) is 0 Å². The molecule has 92 valence electrons. The Hall–Kier alpha value is 0.190. The highest BCUT2D eigenvalue weighted by Gasteiger charge is 2.10. The van der Waals surface area contributed by atoms with Crippen LogP contribution < -0.4 is 0 Å². The fourth-order valence-corrected chi connectivity index (χ4v) is 3.02. The van der Waals surface area contributed by atoms with Crippen LogP contribution in [0, 0.1) is 5.92 Å². The first kappa shape index (κ1) is 15.2. The van der Waals surface area contributed by atoms with Crippen LogP contribution in [0.15, 0.2) is 0 Å². The third-order valence-corrected chi connectivity index (χ3v) is 4.20. The summed E-state index contributed by atoms with van der Waals surface area (Å²) in [5.41, 5.74) is 0. The number of hydrogen-bond donors (Lipinski definition) is 0. The third-order valence-electron chi connectivity index (χ3n) is 2.76. The monoisotopic (exact) mass is 234 g/mol. The summed E-state index contributed by atoms with van der Waals surface area (Å²) in [5.74, 6) is 0.609. The van der Waals surface area contributed by atoms with Gasteiger partial charge in [-0.15, -0.1) is 0 Å². The summed E-state index contributed by atoms with van der Waals surface area (Å²) >= 11 is 0. The maximum atomic E-state index is 11.6. The molecule has 0 heterocycles. The van der Waals surface area contributed by atoms with Gasteiger partial charge in [-0.1, -0.05) is 46.5 Å². The van der Waals surface area contributed by atoms with Crippen molar-refractivity contribution in [2.24, 2.45) is 5.92 Å². The molecular formula is C12H27O2P. The van der Waals surface area contributed by atoms with Gasteiger partial charge < -0.3 is 4.52 Å². The summed E-state index contributed by atoms with van der Waals surface area (Å²) in [6, 6.07) is 0. The van der Waals surface area contributed by atoms with Gasteiger partial charge in [0.15, 0.2) is 8.03 Å². The van der Waals surface area contributed by atoms with E-state index in [1.165, 1.54) is 19.3 Å². The quantitative estimate of drug-likeness (QED) is 0.411. The zero-order valence-electron chi connectivity index (χ0n) is 10.6. The zero-order valence-corrected chi connectivity index (χ0v) is 11.6. The van der Waals surface area contributed by atoms with Crippen molar-refractivity contribution in [3.05, 3.63) is 0 Å². The zero-order chi connectivity index (χ0) is 11.5. The number of unbranched alkanes of at least 4 members (excludes halogenated alkanes) is 2. The number of hydrogen-bond acceptors (Lipinski definition) is 2. The second-order valence-electron chi connectivity index (χ2n) is 4.19. The van der Waals surface area contributed by atoms with E-state index in [0.717, 1.165) is 25.4 Å². The molecule has 0 fully saturated rings. The van der Waals surface area contributed by atoms with E-state index in [-0.39, 0.29) is 0 Å². The lowest BCUT2D eigenvalue weighted by Gasteiger charge is -2.13. The normalized spacial score (nSPS) is 15.1. The molecule has 0 aliphatic heterocycles. The van der Waals surface area contributed by atoms with E-state index in [1.807, 2.05) is 0 Å². The van der Waals surface area contributed by atoms with Crippen molar-refractivity contribution in [3.8, 4) is 0 Å². The van der Waals surface area contributed by atoms with Crippen LogP contribution in [-0.4, -0.2) is 12.8 Å². The Morgan fingerprint density at radius 3 is 2.33 bits per heavy atom. The summed E-state index contributed by atoms with van der Waals surface area (Å²) in [6.07, 6.45) is 7.76. The molecule has 2 atom stereocenters. The summed E-state index contributed by atoms with van der Waals surface area (Å²) in [7, 11) is -1.75. The minimum atomic E-state index is -1.75. The number of rotatable bonds is 10. The molecule has 2 nitrogen and oxygen atoms in total. The van der Waals surface area contributed by atoms with E-state index in [2.05, 4.69) is 20.8 Å². The molecule has 0 aliphatic rings. The lowest BCUT2D eigenvalue weighted by Crippen LogP contribution is -2.03. The molecular weight excluding hydrogens is 207 g/mol. The average Bonchev–Trinajstić information content (AvgIpc) is 2.24. The first-order valence-electron chi connectivity index (χ1n) is 6.40. The summed E-state index contributed by atoms with van der Waals surface area (Å²) < 4.78 is 17.0.